The Hall–Kier alpha value is -2.24. The highest BCUT2D eigenvalue weighted by Gasteiger charge is 2.30. The van der Waals surface area contributed by atoms with Crippen molar-refractivity contribution in [3.8, 4) is 17.2 Å². The average molecular weight is 327 g/mol. The lowest BCUT2D eigenvalue weighted by atomic mass is 10.2. The van der Waals surface area contributed by atoms with Crippen molar-refractivity contribution < 1.29 is 18.9 Å². The second kappa shape index (κ2) is 6.71. The molecule has 5 heteroatoms. The molecule has 0 saturated carbocycles. The van der Waals surface area contributed by atoms with E-state index in [1.54, 1.807) is 7.11 Å². The van der Waals surface area contributed by atoms with Gasteiger partial charge in [-0.3, -0.25) is 0 Å². The quantitative estimate of drug-likeness (QED) is 0.697. The summed E-state index contributed by atoms with van der Waals surface area (Å²) >= 11 is 0. The lowest BCUT2D eigenvalue weighted by molar-refractivity contribution is 0.389. The number of benzene rings is 2. The first-order valence-corrected chi connectivity index (χ1v) is 8.20. The zero-order valence-electron chi connectivity index (χ0n) is 13.7. The molecule has 0 N–H and O–H groups in total. The summed E-state index contributed by atoms with van der Waals surface area (Å²) in [7, 11) is 1.65. The van der Waals surface area contributed by atoms with E-state index in [1.165, 1.54) is 5.69 Å². The molecular formula is C19H21NO4. The van der Waals surface area contributed by atoms with Gasteiger partial charge in [-0.15, -0.1) is 0 Å². The number of anilines is 1. The standard InChI is InChI=1S/C19H21NO4/c1-21-15-6-8-17(9-7-15)24-16-4-2-14(3-5-16)20(10-18-12-22-18)11-19-13-23-19/h2-9,18-19H,10-13H2,1H3. The van der Waals surface area contributed by atoms with Crippen LogP contribution in [-0.2, 0) is 9.47 Å². The summed E-state index contributed by atoms with van der Waals surface area (Å²) in [5.74, 6) is 2.42. The van der Waals surface area contributed by atoms with Crippen LogP contribution in [0.25, 0.3) is 0 Å². The van der Waals surface area contributed by atoms with Crippen molar-refractivity contribution in [3.05, 3.63) is 48.5 Å². The third kappa shape index (κ3) is 3.99. The van der Waals surface area contributed by atoms with Crippen LogP contribution in [0.15, 0.2) is 48.5 Å². The van der Waals surface area contributed by atoms with Crippen molar-refractivity contribution in [2.45, 2.75) is 12.2 Å². The van der Waals surface area contributed by atoms with Gasteiger partial charge in [0, 0.05) is 18.8 Å². The number of ether oxygens (including phenoxy) is 4. The van der Waals surface area contributed by atoms with Gasteiger partial charge in [0.15, 0.2) is 0 Å². The Labute approximate surface area is 141 Å². The molecule has 5 nitrogen and oxygen atoms in total. The van der Waals surface area contributed by atoms with E-state index in [4.69, 9.17) is 18.9 Å². The molecule has 2 aliphatic heterocycles. The topological polar surface area (TPSA) is 46.8 Å². The summed E-state index contributed by atoms with van der Waals surface area (Å²) in [5.41, 5.74) is 1.17. The van der Waals surface area contributed by atoms with Crippen molar-refractivity contribution in [1.29, 1.82) is 0 Å². The molecule has 0 aliphatic carbocycles. The second-order valence-electron chi connectivity index (χ2n) is 6.09. The largest absolute Gasteiger partial charge is 0.497 e. The highest BCUT2D eigenvalue weighted by molar-refractivity contribution is 5.50. The monoisotopic (exact) mass is 327 g/mol. The Morgan fingerprint density at radius 3 is 1.75 bits per heavy atom. The van der Waals surface area contributed by atoms with Crippen molar-refractivity contribution in [1.82, 2.24) is 0 Å². The zero-order valence-corrected chi connectivity index (χ0v) is 13.7. The molecule has 2 aromatic rings. The van der Waals surface area contributed by atoms with E-state index in [0.717, 1.165) is 43.6 Å². The molecule has 2 saturated heterocycles. The zero-order chi connectivity index (χ0) is 16.4. The number of rotatable bonds is 8. The first-order valence-electron chi connectivity index (χ1n) is 8.20. The Balaban J connectivity index is 1.41. The minimum absolute atomic E-state index is 0.360. The Bertz CT molecular complexity index is 649. The molecule has 2 heterocycles. The van der Waals surface area contributed by atoms with Crippen LogP contribution in [-0.4, -0.2) is 45.6 Å². The van der Waals surface area contributed by atoms with Gasteiger partial charge in [-0.2, -0.15) is 0 Å². The maximum absolute atomic E-state index is 5.88. The predicted molar refractivity (Wildman–Crippen MR) is 91.2 cm³/mol. The van der Waals surface area contributed by atoms with Gasteiger partial charge in [0.2, 0.25) is 0 Å². The van der Waals surface area contributed by atoms with Crippen molar-refractivity contribution in [2.75, 3.05) is 38.3 Å². The average Bonchev–Trinajstić information content (AvgIpc) is 3.52. The minimum atomic E-state index is 0.360. The molecule has 2 fully saturated rings. The molecular weight excluding hydrogens is 306 g/mol. The first-order chi connectivity index (χ1) is 11.8. The van der Waals surface area contributed by atoms with Crippen LogP contribution in [0.3, 0.4) is 0 Å². The van der Waals surface area contributed by atoms with E-state index in [-0.39, 0.29) is 0 Å². The van der Waals surface area contributed by atoms with Crippen LogP contribution in [0, 0.1) is 0 Å². The van der Waals surface area contributed by atoms with Gasteiger partial charge >= 0.3 is 0 Å². The second-order valence-corrected chi connectivity index (χ2v) is 6.09. The molecule has 2 aliphatic rings. The van der Waals surface area contributed by atoms with Gasteiger partial charge in [-0.1, -0.05) is 0 Å². The van der Waals surface area contributed by atoms with Gasteiger partial charge < -0.3 is 23.8 Å². The summed E-state index contributed by atoms with van der Waals surface area (Å²) in [6, 6.07) is 15.7. The van der Waals surface area contributed by atoms with Crippen molar-refractivity contribution in [3.63, 3.8) is 0 Å². The normalized spacial score (nSPS) is 21.2. The third-order valence-electron chi connectivity index (χ3n) is 4.15. The lowest BCUT2D eigenvalue weighted by Crippen LogP contribution is -2.31. The SMILES string of the molecule is COc1ccc(Oc2ccc(N(CC3CO3)CC3CO3)cc2)cc1. The van der Waals surface area contributed by atoms with E-state index in [1.807, 2.05) is 36.4 Å². The van der Waals surface area contributed by atoms with E-state index >= 15 is 0 Å². The summed E-state index contributed by atoms with van der Waals surface area (Å²) in [5, 5.41) is 0. The van der Waals surface area contributed by atoms with Crippen LogP contribution in [0.5, 0.6) is 17.2 Å². The summed E-state index contributed by atoms with van der Waals surface area (Å²) < 4.78 is 21.8. The lowest BCUT2D eigenvalue weighted by Gasteiger charge is -2.23. The van der Waals surface area contributed by atoms with Crippen molar-refractivity contribution in [2.24, 2.45) is 0 Å². The van der Waals surface area contributed by atoms with Crippen molar-refractivity contribution >= 4 is 5.69 Å². The van der Waals surface area contributed by atoms with Crippen LogP contribution in [0.2, 0.25) is 0 Å². The van der Waals surface area contributed by atoms with Gasteiger partial charge in [-0.25, -0.2) is 0 Å². The number of methoxy groups -OCH3 is 1. The van der Waals surface area contributed by atoms with Gasteiger partial charge in [0.25, 0.3) is 0 Å². The van der Waals surface area contributed by atoms with Gasteiger partial charge in [-0.05, 0) is 48.5 Å². The number of nitrogens with zero attached hydrogens (tertiary/aromatic N) is 1. The fourth-order valence-electron chi connectivity index (χ4n) is 2.63. The molecule has 0 aromatic heterocycles. The smallest absolute Gasteiger partial charge is 0.127 e. The number of hydrogen-bond donors (Lipinski definition) is 0. The molecule has 0 radical (unpaired) electrons. The van der Waals surface area contributed by atoms with Crippen LogP contribution in [0.1, 0.15) is 0 Å². The Kier molecular flexibility index (Phi) is 4.28. The molecule has 24 heavy (non-hydrogen) atoms. The Morgan fingerprint density at radius 2 is 1.29 bits per heavy atom. The van der Waals surface area contributed by atoms with Gasteiger partial charge in [0.1, 0.15) is 17.2 Å². The fourth-order valence-corrected chi connectivity index (χ4v) is 2.63. The highest BCUT2D eigenvalue weighted by atomic mass is 16.6. The van der Waals surface area contributed by atoms with Crippen LogP contribution < -0.4 is 14.4 Å². The molecule has 0 spiro atoms. The maximum Gasteiger partial charge on any atom is 0.127 e. The molecule has 126 valence electrons. The van der Waals surface area contributed by atoms with E-state index in [2.05, 4.69) is 17.0 Å². The van der Waals surface area contributed by atoms with E-state index in [0.29, 0.717) is 12.2 Å². The summed E-state index contributed by atoms with van der Waals surface area (Å²) in [4.78, 5) is 2.33. The highest BCUT2D eigenvalue weighted by Crippen LogP contribution is 2.28. The third-order valence-corrected chi connectivity index (χ3v) is 4.15. The molecule has 4 rings (SSSR count). The Morgan fingerprint density at radius 1 is 0.833 bits per heavy atom. The van der Waals surface area contributed by atoms with Crippen LogP contribution in [0.4, 0.5) is 5.69 Å². The molecule has 2 unspecified atom stereocenters. The van der Waals surface area contributed by atoms with E-state index < -0.39 is 0 Å². The van der Waals surface area contributed by atoms with Gasteiger partial charge in [0.05, 0.1) is 32.5 Å². The fraction of sp³-hybridized carbons (Fsp3) is 0.368. The summed E-state index contributed by atoms with van der Waals surface area (Å²) in [6.45, 7) is 3.55. The molecule has 0 amide bonds. The maximum atomic E-state index is 5.88. The first kappa shape index (κ1) is 15.3. The summed E-state index contributed by atoms with van der Waals surface area (Å²) in [6.07, 6.45) is 0.720. The minimum Gasteiger partial charge on any atom is -0.497 e. The van der Waals surface area contributed by atoms with Crippen LogP contribution >= 0.6 is 0 Å². The molecule has 2 aromatic carbocycles. The molecule has 0 bridgehead atoms. The number of hydrogen-bond acceptors (Lipinski definition) is 5. The number of epoxide rings is 2. The molecule has 2 atom stereocenters. The predicted octanol–water partition coefficient (Wildman–Crippen LogP) is 3.09. The van der Waals surface area contributed by atoms with E-state index in [9.17, 15) is 0 Å².